The van der Waals surface area contributed by atoms with Gasteiger partial charge in [-0.25, -0.2) is 0 Å². The summed E-state index contributed by atoms with van der Waals surface area (Å²) in [6, 6.07) is 0.365. The van der Waals surface area contributed by atoms with Gasteiger partial charge in [0.05, 0.1) is 23.9 Å². The van der Waals surface area contributed by atoms with Gasteiger partial charge in [-0.05, 0) is 54.1 Å². The van der Waals surface area contributed by atoms with E-state index in [1.165, 1.54) is 0 Å². The molecule has 2 saturated heterocycles. The average Bonchev–Trinajstić information content (AvgIpc) is 2.58. The molecule has 0 aromatic rings. The summed E-state index contributed by atoms with van der Waals surface area (Å²) in [6.45, 7) is 15.0. The fourth-order valence-corrected chi connectivity index (χ4v) is 4.04. The van der Waals surface area contributed by atoms with Crippen LogP contribution in [0.1, 0.15) is 47.5 Å². The van der Waals surface area contributed by atoms with Crippen molar-refractivity contribution < 1.29 is 9.47 Å². The molecule has 0 saturated carbocycles. The first kappa shape index (κ1) is 17.2. The monoisotopic (exact) mass is 298 g/mol. The quantitative estimate of drug-likeness (QED) is 0.844. The Morgan fingerprint density at radius 2 is 2.00 bits per heavy atom. The van der Waals surface area contributed by atoms with Crippen LogP contribution in [-0.2, 0) is 9.47 Å². The summed E-state index contributed by atoms with van der Waals surface area (Å²) in [5.74, 6) is 0.482. The number of likely N-dealkylation sites (N-methyl/N-ethyl adjacent to an activating group) is 1. The lowest BCUT2D eigenvalue weighted by molar-refractivity contribution is -0.0953. The summed E-state index contributed by atoms with van der Waals surface area (Å²) < 4.78 is 12.4. The Bertz CT molecular complexity index is 344. The van der Waals surface area contributed by atoms with E-state index >= 15 is 0 Å². The fraction of sp³-hybridized carbons (Fsp3) is 1.00. The van der Waals surface area contributed by atoms with Gasteiger partial charge in [-0.3, -0.25) is 0 Å². The minimum absolute atomic E-state index is 0.0408. The van der Waals surface area contributed by atoms with E-state index in [0.29, 0.717) is 12.0 Å². The van der Waals surface area contributed by atoms with E-state index in [-0.39, 0.29) is 17.3 Å². The first-order valence-corrected chi connectivity index (χ1v) is 8.49. The van der Waals surface area contributed by atoms with Crippen LogP contribution < -0.4 is 5.32 Å². The molecule has 0 aliphatic carbocycles. The summed E-state index contributed by atoms with van der Waals surface area (Å²) >= 11 is 0. The highest BCUT2D eigenvalue weighted by molar-refractivity contribution is 5.02. The number of rotatable bonds is 5. The second kappa shape index (κ2) is 6.53. The second-order valence-electron chi connectivity index (χ2n) is 7.93. The number of ether oxygens (including phenoxy) is 2. The Balaban J connectivity index is 2.15. The van der Waals surface area contributed by atoms with Gasteiger partial charge in [-0.15, -0.1) is 0 Å². The molecule has 124 valence electrons. The van der Waals surface area contributed by atoms with Gasteiger partial charge in [0.25, 0.3) is 0 Å². The van der Waals surface area contributed by atoms with Gasteiger partial charge in [0.1, 0.15) is 0 Å². The van der Waals surface area contributed by atoms with Crippen molar-refractivity contribution in [1.82, 2.24) is 10.2 Å². The van der Waals surface area contributed by atoms with Gasteiger partial charge >= 0.3 is 0 Å². The summed E-state index contributed by atoms with van der Waals surface area (Å²) in [4.78, 5) is 2.38. The highest BCUT2D eigenvalue weighted by Gasteiger charge is 2.51. The van der Waals surface area contributed by atoms with Crippen molar-refractivity contribution in [2.45, 2.75) is 70.8 Å². The molecule has 0 aromatic carbocycles. The van der Waals surface area contributed by atoms with E-state index < -0.39 is 0 Å². The maximum atomic E-state index is 6.32. The molecular weight excluding hydrogens is 264 g/mol. The summed E-state index contributed by atoms with van der Waals surface area (Å²) in [5, 5.41) is 3.76. The molecule has 4 nitrogen and oxygen atoms in total. The Hall–Kier alpha value is -0.160. The van der Waals surface area contributed by atoms with Crippen LogP contribution >= 0.6 is 0 Å². The van der Waals surface area contributed by atoms with Crippen LogP contribution in [0.4, 0.5) is 0 Å². The largest absolute Gasteiger partial charge is 0.374 e. The van der Waals surface area contributed by atoms with Crippen molar-refractivity contribution in [2.24, 2.45) is 5.92 Å². The lowest BCUT2D eigenvalue weighted by atomic mass is 9.79. The van der Waals surface area contributed by atoms with Crippen molar-refractivity contribution in [3.8, 4) is 0 Å². The van der Waals surface area contributed by atoms with Crippen molar-refractivity contribution in [3.63, 3.8) is 0 Å². The van der Waals surface area contributed by atoms with Crippen molar-refractivity contribution in [3.05, 3.63) is 0 Å². The highest BCUT2D eigenvalue weighted by atomic mass is 16.5. The third kappa shape index (κ3) is 4.19. The molecule has 0 bridgehead atoms. The van der Waals surface area contributed by atoms with Gasteiger partial charge in [0, 0.05) is 25.0 Å². The van der Waals surface area contributed by atoms with Crippen LogP contribution in [0, 0.1) is 5.92 Å². The lowest BCUT2D eigenvalue weighted by Crippen LogP contribution is -2.57. The first-order chi connectivity index (χ1) is 9.75. The molecule has 2 fully saturated rings. The minimum Gasteiger partial charge on any atom is -0.374 e. The SMILES string of the molecule is CCCNC(C1CN(C)CCO1)C1CC(C)(C)OC1(C)C. The van der Waals surface area contributed by atoms with Crippen molar-refractivity contribution in [2.75, 3.05) is 33.3 Å². The predicted octanol–water partition coefficient (Wildman–Crippen LogP) is 2.28. The molecule has 0 amide bonds. The fourth-order valence-electron chi connectivity index (χ4n) is 4.04. The molecular formula is C17H34N2O2. The molecule has 2 rings (SSSR count). The van der Waals surface area contributed by atoms with Gasteiger partial charge in [0.2, 0.25) is 0 Å². The molecule has 2 aliphatic heterocycles. The van der Waals surface area contributed by atoms with E-state index in [1.54, 1.807) is 0 Å². The molecule has 2 aliphatic rings. The topological polar surface area (TPSA) is 33.7 Å². The maximum absolute atomic E-state index is 6.32. The molecule has 21 heavy (non-hydrogen) atoms. The Morgan fingerprint density at radius 3 is 2.52 bits per heavy atom. The zero-order valence-corrected chi connectivity index (χ0v) is 14.7. The van der Waals surface area contributed by atoms with Crippen LogP contribution in [0.5, 0.6) is 0 Å². The Morgan fingerprint density at radius 1 is 1.29 bits per heavy atom. The first-order valence-electron chi connectivity index (χ1n) is 8.49. The Kier molecular flexibility index (Phi) is 5.35. The highest BCUT2D eigenvalue weighted by Crippen LogP contribution is 2.44. The normalized spacial score (nSPS) is 34.0. The molecule has 0 aromatic heterocycles. The number of morpholine rings is 1. The minimum atomic E-state index is -0.103. The summed E-state index contributed by atoms with van der Waals surface area (Å²) in [6.07, 6.45) is 2.50. The zero-order valence-electron chi connectivity index (χ0n) is 14.7. The number of nitrogens with zero attached hydrogens (tertiary/aromatic N) is 1. The van der Waals surface area contributed by atoms with Crippen LogP contribution in [0.2, 0.25) is 0 Å². The van der Waals surface area contributed by atoms with Gasteiger partial charge in [-0.2, -0.15) is 0 Å². The Labute approximate surface area is 130 Å². The van der Waals surface area contributed by atoms with Crippen LogP contribution in [0.3, 0.4) is 0 Å². The second-order valence-corrected chi connectivity index (χ2v) is 7.93. The van der Waals surface area contributed by atoms with E-state index in [1.807, 2.05) is 0 Å². The van der Waals surface area contributed by atoms with Gasteiger partial charge < -0.3 is 19.7 Å². The molecule has 3 atom stereocenters. The van der Waals surface area contributed by atoms with E-state index in [2.05, 4.69) is 51.9 Å². The molecule has 3 unspecified atom stereocenters. The lowest BCUT2D eigenvalue weighted by Gasteiger charge is -2.41. The standard InChI is InChI=1S/C17H34N2O2/c1-7-8-18-15(14-12-19(6)9-10-20-14)13-11-16(2,3)21-17(13,4)5/h13-15,18H,7-12H2,1-6H3. The van der Waals surface area contributed by atoms with E-state index in [4.69, 9.17) is 9.47 Å². The van der Waals surface area contributed by atoms with Crippen LogP contribution in [0.15, 0.2) is 0 Å². The van der Waals surface area contributed by atoms with Crippen molar-refractivity contribution in [1.29, 1.82) is 0 Å². The smallest absolute Gasteiger partial charge is 0.0858 e. The van der Waals surface area contributed by atoms with Gasteiger partial charge in [-0.1, -0.05) is 6.92 Å². The van der Waals surface area contributed by atoms with E-state index in [0.717, 1.165) is 39.1 Å². The molecule has 2 heterocycles. The summed E-state index contributed by atoms with van der Waals surface area (Å²) in [7, 11) is 2.19. The average molecular weight is 298 g/mol. The number of nitrogens with one attached hydrogen (secondary N) is 1. The third-order valence-electron chi connectivity index (χ3n) is 4.90. The molecule has 4 heteroatoms. The predicted molar refractivity (Wildman–Crippen MR) is 86.7 cm³/mol. The molecule has 0 radical (unpaired) electrons. The third-order valence-corrected chi connectivity index (χ3v) is 4.90. The van der Waals surface area contributed by atoms with Gasteiger partial charge in [0.15, 0.2) is 0 Å². The van der Waals surface area contributed by atoms with E-state index in [9.17, 15) is 0 Å². The van der Waals surface area contributed by atoms with Crippen LogP contribution in [-0.4, -0.2) is 61.5 Å². The molecule has 1 N–H and O–H groups in total. The van der Waals surface area contributed by atoms with Crippen LogP contribution in [0.25, 0.3) is 0 Å². The number of hydrogen-bond donors (Lipinski definition) is 1. The maximum Gasteiger partial charge on any atom is 0.0858 e. The molecule has 0 spiro atoms. The number of hydrogen-bond acceptors (Lipinski definition) is 4. The zero-order chi connectivity index (χ0) is 15.7. The summed E-state index contributed by atoms with van der Waals surface area (Å²) in [5.41, 5.74) is -0.144. The van der Waals surface area contributed by atoms with Crippen molar-refractivity contribution >= 4 is 0 Å².